The lowest BCUT2D eigenvalue weighted by molar-refractivity contribution is -0.127. The van der Waals surface area contributed by atoms with E-state index >= 15 is 0 Å². The predicted molar refractivity (Wildman–Crippen MR) is 112 cm³/mol. The van der Waals surface area contributed by atoms with E-state index in [0.717, 1.165) is 36.8 Å². The first kappa shape index (κ1) is 21.2. The Morgan fingerprint density at radius 3 is 2.24 bits per heavy atom. The summed E-state index contributed by atoms with van der Waals surface area (Å²) in [6.07, 6.45) is 4.88. The van der Waals surface area contributed by atoms with Crippen molar-refractivity contribution >= 4 is 15.7 Å². The minimum Gasteiger partial charge on any atom is -0.497 e. The number of hydrogen-bond acceptors (Lipinski definition) is 5. The lowest BCUT2D eigenvalue weighted by Crippen LogP contribution is -2.41. The maximum atomic E-state index is 12.4. The van der Waals surface area contributed by atoms with Crippen LogP contribution in [0.15, 0.2) is 47.4 Å². The summed E-state index contributed by atoms with van der Waals surface area (Å²) in [4.78, 5) is 12.7. The Labute approximate surface area is 172 Å². The van der Waals surface area contributed by atoms with E-state index in [0.29, 0.717) is 11.5 Å². The number of ether oxygens (including phenoxy) is 2. The molecule has 1 atom stereocenters. The third kappa shape index (κ3) is 5.50. The smallest absolute Gasteiger partial charge is 0.260 e. The van der Waals surface area contributed by atoms with Crippen molar-refractivity contribution in [3.05, 3.63) is 42.5 Å². The molecule has 3 rings (SSSR count). The highest BCUT2D eigenvalue weighted by atomic mass is 32.2. The van der Waals surface area contributed by atoms with Crippen LogP contribution in [0.2, 0.25) is 0 Å². The summed E-state index contributed by atoms with van der Waals surface area (Å²) in [5, 5.41) is 3.04. The second-order valence-corrected chi connectivity index (χ2v) is 9.46. The molecule has 0 radical (unpaired) electrons. The van der Waals surface area contributed by atoms with Crippen molar-refractivity contribution in [2.75, 3.05) is 13.4 Å². The molecule has 29 heavy (non-hydrogen) atoms. The Morgan fingerprint density at radius 1 is 1.03 bits per heavy atom. The highest BCUT2D eigenvalue weighted by Gasteiger charge is 2.22. The Bertz CT molecular complexity index is 963. The van der Waals surface area contributed by atoms with Crippen LogP contribution in [0.1, 0.15) is 32.6 Å². The van der Waals surface area contributed by atoms with Gasteiger partial charge in [0.1, 0.15) is 11.5 Å². The van der Waals surface area contributed by atoms with Crippen LogP contribution in [-0.2, 0) is 14.6 Å². The van der Waals surface area contributed by atoms with Crippen LogP contribution < -0.4 is 14.8 Å². The van der Waals surface area contributed by atoms with Gasteiger partial charge in [0.25, 0.3) is 5.91 Å². The van der Waals surface area contributed by atoms with Crippen molar-refractivity contribution in [2.24, 2.45) is 0 Å². The van der Waals surface area contributed by atoms with Gasteiger partial charge >= 0.3 is 0 Å². The van der Waals surface area contributed by atoms with Gasteiger partial charge in [-0.15, -0.1) is 0 Å². The molecule has 6 nitrogen and oxygen atoms in total. The molecule has 2 aromatic rings. The molecule has 1 N–H and O–H groups in total. The Hall–Kier alpha value is -2.54. The Morgan fingerprint density at radius 2 is 1.66 bits per heavy atom. The van der Waals surface area contributed by atoms with Crippen molar-refractivity contribution in [3.8, 4) is 22.6 Å². The molecule has 0 saturated heterocycles. The Balaban J connectivity index is 1.78. The third-order valence-electron chi connectivity index (χ3n) is 5.12. The van der Waals surface area contributed by atoms with Crippen LogP contribution in [-0.4, -0.2) is 39.8 Å². The van der Waals surface area contributed by atoms with Crippen molar-refractivity contribution in [1.82, 2.24) is 5.32 Å². The molecule has 0 aliphatic heterocycles. The zero-order valence-electron chi connectivity index (χ0n) is 17.0. The fourth-order valence-corrected chi connectivity index (χ4v) is 4.10. The number of benzene rings is 2. The minimum absolute atomic E-state index is 0.126. The molecule has 2 aromatic carbocycles. The van der Waals surface area contributed by atoms with Crippen molar-refractivity contribution < 1.29 is 22.7 Å². The van der Waals surface area contributed by atoms with Crippen LogP contribution in [0.25, 0.3) is 11.1 Å². The number of hydrogen-bond donors (Lipinski definition) is 1. The minimum atomic E-state index is -3.25. The average molecular weight is 418 g/mol. The molecule has 1 aliphatic carbocycles. The van der Waals surface area contributed by atoms with E-state index in [2.05, 4.69) is 5.32 Å². The molecule has 0 heterocycles. The van der Waals surface area contributed by atoms with Crippen molar-refractivity contribution in [1.29, 1.82) is 0 Å². The summed E-state index contributed by atoms with van der Waals surface area (Å²) in [6.45, 7) is 1.73. The summed E-state index contributed by atoms with van der Waals surface area (Å²) in [5.41, 5.74) is 1.63. The normalized spacial score (nSPS) is 15.7. The zero-order valence-corrected chi connectivity index (χ0v) is 17.8. The number of methoxy groups -OCH3 is 1. The van der Waals surface area contributed by atoms with Gasteiger partial charge in [0.05, 0.1) is 12.0 Å². The second-order valence-electron chi connectivity index (χ2n) is 7.44. The standard InChI is InChI=1S/C22H27NO5S/c1-15(22(24)23-18-6-4-5-7-18)28-20-13-17(12-19(14-20)27-2)16-8-10-21(11-9-16)29(3,25)26/h8-15,18H,4-7H2,1-3H3,(H,23,24). The number of sulfone groups is 1. The molecule has 1 aliphatic rings. The van der Waals surface area contributed by atoms with Crippen molar-refractivity contribution in [3.63, 3.8) is 0 Å². The number of carbonyl (C=O) groups excluding carboxylic acids is 1. The fraction of sp³-hybridized carbons (Fsp3) is 0.409. The van der Waals surface area contributed by atoms with Crippen LogP contribution in [0.5, 0.6) is 11.5 Å². The van der Waals surface area contributed by atoms with Gasteiger partial charge in [0.15, 0.2) is 15.9 Å². The van der Waals surface area contributed by atoms with Gasteiger partial charge in [-0.25, -0.2) is 8.42 Å². The molecular formula is C22H27NO5S. The predicted octanol–water partition coefficient (Wildman–Crippen LogP) is 3.59. The fourth-order valence-electron chi connectivity index (χ4n) is 3.47. The second kappa shape index (κ2) is 8.86. The van der Waals surface area contributed by atoms with E-state index < -0.39 is 15.9 Å². The quantitative estimate of drug-likeness (QED) is 0.745. The van der Waals surface area contributed by atoms with E-state index in [1.807, 2.05) is 12.1 Å². The number of amides is 1. The molecule has 0 spiro atoms. The highest BCUT2D eigenvalue weighted by Crippen LogP contribution is 2.31. The van der Waals surface area contributed by atoms with Gasteiger partial charge < -0.3 is 14.8 Å². The van der Waals surface area contributed by atoms with Crippen LogP contribution in [0.4, 0.5) is 0 Å². The average Bonchev–Trinajstić information content (AvgIpc) is 3.20. The summed E-state index contributed by atoms with van der Waals surface area (Å²) >= 11 is 0. The SMILES string of the molecule is COc1cc(OC(C)C(=O)NC2CCCC2)cc(-c2ccc(S(C)(=O)=O)cc2)c1. The Kier molecular flexibility index (Phi) is 6.47. The maximum absolute atomic E-state index is 12.4. The number of carbonyl (C=O) groups is 1. The number of nitrogens with one attached hydrogen (secondary N) is 1. The molecule has 0 aromatic heterocycles. The maximum Gasteiger partial charge on any atom is 0.260 e. The van der Waals surface area contributed by atoms with Gasteiger partial charge in [-0.2, -0.15) is 0 Å². The van der Waals surface area contributed by atoms with E-state index in [1.54, 1.807) is 44.4 Å². The molecule has 0 bridgehead atoms. The van der Waals surface area contributed by atoms with Crippen LogP contribution in [0.3, 0.4) is 0 Å². The largest absolute Gasteiger partial charge is 0.497 e. The first-order valence-electron chi connectivity index (χ1n) is 9.73. The van der Waals surface area contributed by atoms with E-state index in [4.69, 9.17) is 9.47 Å². The van der Waals surface area contributed by atoms with Gasteiger partial charge in [-0.3, -0.25) is 4.79 Å². The molecule has 1 saturated carbocycles. The first-order chi connectivity index (χ1) is 13.8. The van der Waals surface area contributed by atoms with Gasteiger partial charge in [-0.1, -0.05) is 25.0 Å². The van der Waals surface area contributed by atoms with E-state index in [-0.39, 0.29) is 16.8 Å². The molecule has 1 amide bonds. The summed E-state index contributed by atoms with van der Waals surface area (Å²) < 4.78 is 34.6. The van der Waals surface area contributed by atoms with Crippen LogP contribution >= 0.6 is 0 Å². The van der Waals surface area contributed by atoms with Crippen LogP contribution in [0, 0.1) is 0 Å². The van der Waals surface area contributed by atoms with Crippen molar-refractivity contribution in [2.45, 2.75) is 49.6 Å². The topological polar surface area (TPSA) is 81.7 Å². The van der Waals surface area contributed by atoms with Gasteiger partial charge in [0, 0.05) is 18.4 Å². The third-order valence-corrected chi connectivity index (χ3v) is 6.24. The zero-order chi connectivity index (χ0) is 21.0. The van der Waals surface area contributed by atoms with Gasteiger partial charge in [-0.05, 0) is 55.2 Å². The first-order valence-corrected chi connectivity index (χ1v) is 11.6. The molecule has 7 heteroatoms. The lowest BCUT2D eigenvalue weighted by atomic mass is 10.1. The summed E-state index contributed by atoms with van der Waals surface area (Å²) in [7, 11) is -1.69. The summed E-state index contributed by atoms with van der Waals surface area (Å²) in [6, 6.07) is 12.3. The molecule has 1 unspecified atom stereocenters. The van der Waals surface area contributed by atoms with E-state index in [1.165, 1.54) is 6.26 Å². The monoisotopic (exact) mass is 417 g/mol. The molecule has 156 valence electrons. The lowest BCUT2D eigenvalue weighted by Gasteiger charge is -2.19. The summed E-state index contributed by atoms with van der Waals surface area (Å²) in [5.74, 6) is 0.979. The molecular weight excluding hydrogens is 390 g/mol. The highest BCUT2D eigenvalue weighted by molar-refractivity contribution is 7.90. The van der Waals surface area contributed by atoms with Gasteiger partial charge in [0.2, 0.25) is 0 Å². The van der Waals surface area contributed by atoms with E-state index in [9.17, 15) is 13.2 Å². The number of rotatable bonds is 7. The molecule has 1 fully saturated rings.